The van der Waals surface area contributed by atoms with E-state index in [0.29, 0.717) is 36.0 Å². The first-order valence-corrected chi connectivity index (χ1v) is 43.2. The van der Waals surface area contributed by atoms with Crippen molar-refractivity contribution in [3.8, 4) is 0 Å². The van der Waals surface area contributed by atoms with Crippen LogP contribution in [0, 0.1) is 0 Å². The molecule has 0 heterocycles. The van der Waals surface area contributed by atoms with Crippen molar-refractivity contribution in [1.82, 2.24) is 51.1 Å². The summed E-state index contributed by atoms with van der Waals surface area (Å²) in [5.74, 6) is -5.14. The van der Waals surface area contributed by atoms with E-state index in [0.717, 1.165) is 36.8 Å². The van der Waals surface area contributed by atoms with Crippen LogP contribution in [0.2, 0.25) is 0 Å². The second-order valence-electron chi connectivity index (χ2n) is 30.3. The van der Waals surface area contributed by atoms with Gasteiger partial charge in [0.05, 0.1) is 0 Å². The lowest BCUT2D eigenvalue weighted by Crippen LogP contribution is -2.57. The van der Waals surface area contributed by atoms with Gasteiger partial charge in [0.2, 0.25) is 65.0 Å². The van der Waals surface area contributed by atoms with Gasteiger partial charge in [-0.15, -0.1) is 0 Å². The Morgan fingerprint density at radius 1 is 0.263 bits per heavy atom. The van der Waals surface area contributed by atoms with Crippen LogP contribution in [-0.4, -0.2) is 218 Å². The highest BCUT2D eigenvalue weighted by atomic mass is 16.2. The van der Waals surface area contributed by atoms with E-state index in [1.165, 1.54) is 82.3 Å². The second kappa shape index (κ2) is 59.7. The fourth-order valence-corrected chi connectivity index (χ4v) is 14.6. The van der Waals surface area contributed by atoms with Gasteiger partial charge in [0.25, 0.3) is 0 Å². The van der Waals surface area contributed by atoms with Crippen LogP contribution >= 0.6 is 0 Å². The Balaban J connectivity index is 1.39. The molecule has 5 aromatic rings. The lowest BCUT2D eigenvalue weighted by Gasteiger charge is -2.34. The zero-order valence-corrected chi connectivity index (χ0v) is 70.1. The molecule has 648 valence electrons. The molecule has 0 aromatic heterocycles. The summed E-state index contributed by atoms with van der Waals surface area (Å²) in [7, 11) is 0. The molecule has 118 heavy (non-hydrogen) atoms. The normalized spacial score (nSPS) is 12.4. The molecule has 0 unspecified atom stereocenters. The van der Waals surface area contributed by atoms with Crippen LogP contribution in [0.3, 0.4) is 0 Å². The van der Waals surface area contributed by atoms with Crippen molar-refractivity contribution in [2.45, 2.75) is 223 Å². The number of carbonyl (C=O) groups is 11. The van der Waals surface area contributed by atoms with Crippen molar-refractivity contribution in [3.63, 3.8) is 0 Å². The minimum atomic E-state index is -1.22. The molecule has 0 spiro atoms. The third-order valence-electron chi connectivity index (χ3n) is 21.1. The van der Waals surface area contributed by atoms with Gasteiger partial charge in [-0.1, -0.05) is 236 Å². The molecule has 27 nitrogen and oxygen atoms in total. The van der Waals surface area contributed by atoms with Crippen molar-refractivity contribution in [3.05, 3.63) is 179 Å². The fourth-order valence-electron chi connectivity index (χ4n) is 14.6. The number of amides is 11. The van der Waals surface area contributed by atoms with Crippen molar-refractivity contribution >= 4 is 65.0 Å². The molecule has 0 aliphatic carbocycles. The Morgan fingerprint density at radius 2 is 0.466 bits per heavy atom. The Labute approximate surface area is 700 Å². The quantitative estimate of drug-likeness (QED) is 0.0187. The van der Waals surface area contributed by atoms with Gasteiger partial charge >= 0.3 is 0 Å². The number of nitrogens with two attached hydrogens (primary N) is 6. The number of primary amides is 1. The Kier molecular flexibility index (Phi) is 49.9. The van der Waals surface area contributed by atoms with Crippen LogP contribution in [0.25, 0.3) is 0 Å². The fraction of sp³-hybridized carbons (Fsp3) is 0.549. The molecule has 11 amide bonds. The van der Waals surface area contributed by atoms with Gasteiger partial charge in [0, 0.05) is 136 Å². The second-order valence-corrected chi connectivity index (χ2v) is 30.3. The van der Waals surface area contributed by atoms with E-state index in [2.05, 4.69) is 33.5 Å². The Morgan fingerprint density at radius 3 is 0.686 bits per heavy atom. The van der Waals surface area contributed by atoms with E-state index in [1.807, 2.05) is 140 Å². The molecule has 0 aliphatic rings. The molecule has 0 fully saturated rings. The minimum Gasteiger partial charge on any atom is -0.368 e. The van der Waals surface area contributed by atoms with Crippen molar-refractivity contribution in [1.29, 1.82) is 0 Å². The number of nitrogens with one attached hydrogen (secondary N) is 5. The molecule has 5 aromatic carbocycles. The van der Waals surface area contributed by atoms with E-state index in [-0.39, 0.29) is 199 Å². The molecular weight excluding hydrogens is 1490 g/mol. The van der Waals surface area contributed by atoms with Gasteiger partial charge in [-0.3, -0.25) is 52.7 Å². The summed E-state index contributed by atoms with van der Waals surface area (Å²) in [5, 5.41) is 15.0. The van der Waals surface area contributed by atoms with Crippen molar-refractivity contribution in [2.75, 3.05) is 98.2 Å². The van der Waals surface area contributed by atoms with Gasteiger partial charge in [0.15, 0.2) is 0 Å². The summed E-state index contributed by atoms with van der Waals surface area (Å²) in [6.07, 6.45) is 17.6. The molecular formula is C91H138N16O11. The van der Waals surface area contributed by atoms with E-state index in [1.54, 1.807) is 12.1 Å². The molecule has 5 atom stereocenters. The predicted octanol–water partition coefficient (Wildman–Crippen LogP) is 6.43. The Hall–Kier alpha value is -9.93. The highest BCUT2D eigenvalue weighted by Gasteiger charge is 2.37. The van der Waals surface area contributed by atoms with Crippen LogP contribution in [-0.2, 0) is 84.8 Å². The molecule has 27 heteroatoms. The number of rotatable bonds is 64. The first-order chi connectivity index (χ1) is 57.4. The standard InChI is InChI=1S/C91H138N16O11/c1-2-3-4-5-6-7-8-9-10-11-12-13-29-45-81(108)98-56-61-104(83(110)47-31-52-93)77(67-72-37-21-15-22-38-72)88(115)100-58-63-106(85(112)49-33-54-95)79(69-74-41-25-17-26-42-74)90(117)102-60-65-107(86(113)50-34-55-96)80(70-75-43-27-18-28-44-75)91(118)101-59-64-105(84(111)48-32-53-94)78(68-73-39-23-16-24-40-73)89(116)99-57-62-103(82(109)46-30-51-92)76(87(97)114)66-71-35-19-14-20-36-71/h14-28,35-44,76-80H,2-13,29-34,45-70,92-96H2,1H3,(H2,97,114)(H,98,108)(H,99,116)(H,100,115)(H,101,118)(H,102,117)/t76-,77-,78-,79-,80-/m0/s1. The maximum atomic E-state index is 15.3. The number of carbonyl (C=O) groups excluding carboxylic acids is 11. The number of hydrogen-bond acceptors (Lipinski definition) is 16. The first-order valence-electron chi connectivity index (χ1n) is 43.2. The summed E-state index contributed by atoms with van der Waals surface area (Å²) >= 11 is 0. The number of benzene rings is 5. The van der Waals surface area contributed by atoms with Crippen molar-refractivity contribution in [2.24, 2.45) is 34.4 Å². The van der Waals surface area contributed by atoms with E-state index < -0.39 is 77.5 Å². The minimum absolute atomic E-state index is 0.00853. The zero-order valence-electron chi connectivity index (χ0n) is 70.1. The highest BCUT2D eigenvalue weighted by molar-refractivity contribution is 5.92. The van der Waals surface area contributed by atoms with Gasteiger partial charge in [-0.25, -0.2) is 0 Å². The predicted molar refractivity (Wildman–Crippen MR) is 464 cm³/mol. The number of hydrogen-bond donors (Lipinski definition) is 11. The van der Waals surface area contributed by atoms with E-state index >= 15 is 9.59 Å². The molecule has 5 rings (SSSR count). The first kappa shape index (κ1) is 98.6. The summed E-state index contributed by atoms with van der Waals surface area (Å²) in [6, 6.07) is 40.0. The summed E-state index contributed by atoms with van der Waals surface area (Å²) in [4.78, 5) is 166. The van der Waals surface area contributed by atoms with E-state index in [9.17, 15) is 43.2 Å². The molecule has 0 radical (unpaired) electrons. The van der Waals surface area contributed by atoms with Gasteiger partial charge in [-0.05, 0) is 99.1 Å². The van der Waals surface area contributed by atoms with Crippen LogP contribution in [0.1, 0.15) is 189 Å². The number of unbranched alkanes of at least 4 members (excludes halogenated alkanes) is 12. The third kappa shape index (κ3) is 38.2. The SMILES string of the molecule is CCCCCCCCCCCCCCCC(=O)NCCN(C(=O)CCCN)[C@@H](Cc1ccccc1)C(=O)NCCN(C(=O)CCCN)[C@@H](Cc1ccccc1)C(=O)NCCN(C(=O)CCCN)[C@@H](Cc1ccccc1)C(=O)NCCN(C(=O)CCCN)[C@@H](Cc1ccccc1)C(=O)NCCN(C(=O)CCCN)[C@@H](Cc1ccccc1)C(N)=O. The maximum Gasteiger partial charge on any atom is 0.243 e. The highest BCUT2D eigenvalue weighted by Crippen LogP contribution is 2.21. The molecule has 0 saturated heterocycles. The topological polar surface area (TPSA) is 420 Å². The third-order valence-corrected chi connectivity index (χ3v) is 21.1. The maximum absolute atomic E-state index is 15.3. The molecule has 17 N–H and O–H groups in total. The molecule has 0 saturated carbocycles. The average Bonchev–Trinajstić information content (AvgIpc) is 0.800. The summed E-state index contributed by atoms with van der Waals surface area (Å²) < 4.78 is 0. The monoisotopic (exact) mass is 1630 g/mol. The summed E-state index contributed by atoms with van der Waals surface area (Å²) in [5.41, 5.74) is 39.4. The van der Waals surface area contributed by atoms with Gasteiger partial charge in [-0.2, -0.15) is 0 Å². The van der Waals surface area contributed by atoms with Crippen LogP contribution in [0.4, 0.5) is 0 Å². The van der Waals surface area contributed by atoms with Gasteiger partial charge < -0.3 is 85.5 Å². The van der Waals surface area contributed by atoms with Crippen LogP contribution in [0.15, 0.2) is 152 Å². The zero-order chi connectivity index (χ0) is 85.3. The number of nitrogens with zero attached hydrogens (tertiary/aromatic N) is 5. The molecule has 0 bridgehead atoms. The van der Waals surface area contributed by atoms with Gasteiger partial charge in [0.1, 0.15) is 30.2 Å². The molecule has 0 aliphatic heterocycles. The van der Waals surface area contributed by atoms with Crippen LogP contribution in [0.5, 0.6) is 0 Å². The lowest BCUT2D eigenvalue weighted by molar-refractivity contribution is -0.142. The largest absolute Gasteiger partial charge is 0.368 e. The summed E-state index contributed by atoms with van der Waals surface area (Å²) in [6.45, 7) is 2.00. The Bertz CT molecular complexity index is 3700. The van der Waals surface area contributed by atoms with Crippen molar-refractivity contribution < 1.29 is 52.7 Å². The average molecular weight is 1630 g/mol. The van der Waals surface area contributed by atoms with Crippen LogP contribution < -0.4 is 61.0 Å². The smallest absolute Gasteiger partial charge is 0.243 e. The van der Waals surface area contributed by atoms with E-state index in [4.69, 9.17) is 34.4 Å². The lowest BCUT2D eigenvalue weighted by atomic mass is 10.0.